The van der Waals surface area contributed by atoms with Crippen molar-refractivity contribution in [3.05, 3.63) is 29.8 Å². The van der Waals surface area contributed by atoms with Gasteiger partial charge in [-0.3, -0.25) is 4.79 Å². The number of benzene rings is 1. The average molecular weight is 436 g/mol. The Hall–Kier alpha value is -2.16. The Morgan fingerprint density at radius 3 is 2.45 bits per heavy atom. The molecule has 1 aromatic carbocycles. The van der Waals surface area contributed by atoms with Crippen molar-refractivity contribution in [1.82, 2.24) is 10.2 Å². The number of hydrogen-bond donors (Lipinski definition) is 3. The summed E-state index contributed by atoms with van der Waals surface area (Å²) in [5.74, 6) is -0.0798. The zero-order valence-electron chi connectivity index (χ0n) is 18.9. The molecule has 31 heavy (non-hydrogen) atoms. The summed E-state index contributed by atoms with van der Waals surface area (Å²) in [4.78, 5) is 26.1. The van der Waals surface area contributed by atoms with Gasteiger partial charge in [0.15, 0.2) is 0 Å². The highest BCUT2D eigenvalue weighted by molar-refractivity contribution is 5.95. The zero-order valence-corrected chi connectivity index (χ0v) is 18.9. The first-order valence-electron chi connectivity index (χ1n) is 11.2. The van der Waals surface area contributed by atoms with Gasteiger partial charge in [-0.05, 0) is 51.0 Å². The van der Waals surface area contributed by atoms with Crippen LogP contribution >= 0.6 is 0 Å². The Balaban J connectivity index is 1.71. The Morgan fingerprint density at radius 1 is 1.13 bits per heavy atom. The smallest absolute Gasteiger partial charge is 0.321 e. The van der Waals surface area contributed by atoms with E-state index >= 15 is 0 Å². The summed E-state index contributed by atoms with van der Waals surface area (Å²) in [6.45, 7) is 5.02. The maximum atomic E-state index is 12.4. The van der Waals surface area contributed by atoms with Crippen LogP contribution in [0, 0.1) is 0 Å². The van der Waals surface area contributed by atoms with Crippen molar-refractivity contribution in [1.29, 1.82) is 0 Å². The predicted molar refractivity (Wildman–Crippen MR) is 120 cm³/mol. The van der Waals surface area contributed by atoms with E-state index in [-0.39, 0.29) is 37.2 Å². The molecule has 0 aliphatic heterocycles. The minimum Gasteiger partial charge on any atom is -0.389 e. The number of amides is 3. The van der Waals surface area contributed by atoms with Crippen LogP contribution in [0.1, 0.15) is 56.3 Å². The molecule has 0 spiro atoms. The van der Waals surface area contributed by atoms with Gasteiger partial charge in [0.05, 0.1) is 38.6 Å². The second kappa shape index (κ2) is 13.3. The lowest BCUT2D eigenvalue weighted by molar-refractivity contribution is -0.0144. The minimum atomic E-state index is -0.791. The van der Waals surface area contributed by atoms with Crippen LogP contribution in [-0.2, 0) is 9.47 Å². The van der Waals surface area contributed by atoms with Crippen molar-refractivity contribution >= 4 is 17.6 Å². The highest BCUT2D eigenvalue weighted by Crippen LogP contribution is 2.18. The second-order valence-corrected chi connectivity index (χ2v) is 8.34. The van der Waals surface area contributed by atoms with Crippen LogP contribution in [0.2, 0.25) is 0 Å². The van der Waals surface area contributed by atoms with Crippen LogP contribution in [0.3, 0.4) is 0 Å². The molecular formula is C23H37N3O5. The average Bonchev–Trinajstić information content (AvgIpc) is 2.74. The molecule has 1 atom stereocenters. The third-order valence-corrected chi connectivity index (χ3v) is 5.16. The summed E-state index contributed by atoms with van der Waals surface area (Å²) in [5.41, 5.74) is 1.16. The molecule has 0 aromatic heterocycles. The van der Waals surface area contributed by atoms with Gasteiger partial charge in [0, 0.05) is 24.3 Å². The lowest BCUT2D eigenvalue weighted by atomic mass is 9.95. The van der Waals surface area contributed by atoms with Crippen LogP contribution in [0.4, 0.5) is 10.5 Å². The summed E-state index contributed by atoms with van der Waals surface area (Å²) < 4.78 is 10.7. The molecule has 0 bridgehead atoms. The zero-order chi connectivity index (χ0) is 22.6. The summed E-state index contributed by atoms with van der Waals surface area (Å²) in [7, 11) is 1.60. The molecule has 1 aliphatic carbocycles. The van der Waals surface area contributed by atoms with Crippen molar-refractivity contribution in [3.63, 3.8) is 0 Å². The lowest BCUT2D eigenvalue weighted by Gasteiger charge is -2.23. The molecule has 1 aromatic rings. The molecule has 3 N–H and O–H groups in total. The Labute approximate surface area is 185 Å². The fraction of sp³-hybridized carbons (Fsp3) is 0.652. The number of rotatable bonds is 11. The number of aliphatic hydroxyl groups is 1. The number of urea groups is 1. The van der Waals surface area contributed by atoms with Gasteiger partial charge < -0.3 is 30.1 Å². The van der Waals surface area contributed by atoms with E-state index < -0.39 is 6.10 Å². The molecule has 1 aliphatic rings. The fourth-order valence-electron chi connectivity index (χ4n) is 3.45. The normalized spacial score (nSPS) is 15.5. The number of carbonyl (C=O) groups excluding carboxylic acids is 2. The van der Waals surface area contributed by atoms with Crippen molar-refractivity contribution in [2.24, 2.45) is 0 Å². The number of carbonyl (C=O) groups is 2. The van der Waals surface area contributed by atoms with Crippen LogP contribution in [0.15, 0.2) is 24.3 Å². The number of likely N-dealkylation sites (N-methyl/N-ethyl adjacent to an activating group) is 1. The summed E-state index contributed by atoms with van der Waals surface area (Å²) >= 11 is 0. The molecule has 8 heteroatoms. The maximum absolute atomic E-state index is 12.4. The molecule has 0 saturated heterocycles. The molecule has 0 heterocycles. The van der Waals surface area contributed by atoms with Crippen LogP contribution in [0.5, 0.6) is 0 Å². The van der Waals surface area contributed by atoms with E-state index in [0.29, 0.717) is 24.5 Å². The highest BCUT2D eigenvalue weighted by Gasteiger charge is 2.17. The molecule has 1 unspecified atom stereocenters. The fourth-order valence-corrected chi connectivity index (χ4v) is 3.45. The van der Waals surface area contributed by atoms with Crippen molar-refractivity contribution < 1.29 is 24.2 Å². The van der Waals surface area contributed by atoms with Crippen molar-refractivity contribution in [2.75, 3.05) is 38.7 Å². The maximum Gasteiger partial charge on any atom is 0.321 e. The summed E-state index contributed by atoms with van der Waals surface area (Å²) in [5, 5.41) is 15.9. The van der Waals surface area contributed by atoms with Crippen LogP contribution in [-0.4, -0.2) is 73.6 Å². The monoisotopic (exact) mass is 435 g/mol. The van der Waals surface area contributed by atoms with Gasteiger partial charge in [-0.1, -0.05) is 19.3 Å². The van der Waals surface area contributed by atoms with E-state index in [1.54, 1.807) is 31.3 Å². The quantitative estimate of drug-likeness (QED) is 0.464. The Kier molecular flexibility index (Phi) is 10.8. The largest absolute Gasteiger partial charge is 0.389 e. The van der Waals surface area contributed by atoms with Gasteiger partial charge in [-0.2, -0.15) is 0 Å². The number of hydrogen-bond acceptors (Lipinski definition) is 5. The SMILES string of the molecule is CC(C)OCCOCC(O)CN(C)C(=O)Nc1ccc(C(=O)NC2CCCCC2)cc1. The van der Waals surface area contributed by atoms with Gasteiger partial charge in [0.25, 0.3) is 5.91 Å². The molecule has 8 nitrogen and oxygen atoms in total. The molecule has 174 valence electrons. The van der Waals surface area contributed by atoms with E-state index in [0.717, 1.165) is 25.7 Å². The van der Waals surface area contributed by atoms with Crippen molar-refractivity contribution in [2.45, 2.75) is 64.2 Å². The highest BCUT2D eigenvalue weighted by atomic mass is 16.5. The molecule has 3 amide bonds. The molecule has 0 radical (unpaired) electrons. The number of anilines is 1. The molecular weight excluding hydrogens is 398 g/mol. The molecule has 1 saturated carbocycles. The number of aliphatic hydroxyl groups excluding tert-OH is 1. The number of nitrogens with zero attached hydrogens (tertiary/aromatic N) is 1. The second-order valence-electron chi connectivity index (χ2n) is 8.34. The van der Waals surface area contributed by atoms with E-state index in [1.165, 1.54) is 11.3 Å². The van der Waals surface area contributed by atoms with Gasteiger partial charge in [-0.15, -0.1) is 0 Å². The Bertz CT molecular complexity index is 674. The molecule has 1 fully saturated rings. The topological polar surface area (TPSA) is 100 Å². The van der Waals surface area contributed by atoms with E-state index in [1.807, 2.05) is 13.8 Å². The lowest BCUT2D eigenvalue weighted by Crippen LogP contribution is -2.39. The van der Waals surface area contributed by atoms with Crippen LogP contribution in [0.25, 0.3) is 0 Å². The standard InChI is InChI=1S/C23H37N3O5/c1-17(2)31-14-13-30-16-21(27)15-26(3)23(29)25-20-11-9-18(10-12-20)22(28)24-19-7-5-4-6-8-19/h9-12,17,19,21,27H,4-8,13-16H2,1-3H3,(H,24,28)(H,25,29). The van der Waals surface area contributed by atoms with Crippen molar-refractivity contribution in [3.8, 4) is 0 Å². The summed E-state index contributed by atoms with van der Waals surface area (Å²) in [6.07, 6.45) is 4.99. The summed E-state index contributed by atoms with van der Waals surface area (Å²) in [6, 6.07) is 6.73. The predicted octanol–water partition coefficient (Wildman–Crippen LogP) is 3.02. The van der Waals surface area contributed by atoms with E-state index in [4.69, 9.17) is 9.47 Å². The van der Waals surface area contributed by atoms with Gasteiger partial charge in [0.1, 0.15) is 0 Å². The first-order chi connectivity index (χ1) is 14.8. The third kappa shape index (κ3) is 9.67. The van der Waals surface area contributed by atoms with Gasteiger partial charge in [-0.25, -0.2) is 4.79 Å². The third-order valence-electron chi connectivity index (χ3n) is 5.16. The van der Waals surface area contributed by atoms with Gasteiger partial charge in [0.2, 0.25) is 0 Å². The first-order valence-corrected chi connectivity index (χ1v) is 11.2. The first kappa shape index (κ1) is 25.1. The van der Waals surface area contributed by atoms with E-state index in [2.05, 4.69) is 10.6 Å². The number of nitrogens with one attached hydrogen (secondary N) is 2. The van der Waals surface area contributed by atoms with Crippen LogP contribution < -0.4 is 10.6 Å². The van der Waals surface area contributed by atoms with E-state index in [9.17, 15) is 14.7 Å². The minimum absolute atomic E-state index is 0.0798. The molecule has 2 rings (SSSR count). The number of ether oxygens (including phenoxy) is 2. The Morgan fingerprint density at radius 2 is 1.81 bits per heavy atom. The van der Waals surface area contributed by atoms with Gasteiger partial charge >= 0.3 is 6.03 Å².